The monoisotopic (exact) mass is 409 g/mol. The van der Waals surface area contributed by atoms with E-state index < -0.39 is 17.3 Å². The Morgan fingerprint density at radius 2 is 2.14 bits per heavy atom. The van der Waals surface area contributed by atoms with Gasteiger partial charge in [0.1, 0.15) is 17.1 Å². The summed E-state index contributed by atoms with van der Waals surface area (Å²) in [6.45, 7) is 4.10. The van der Waals surface area contributed by atoms with Crippen molar-refractivity contribution in [3.05, 3.63) is 41.2 Å². The lowest BCUT2D eigenvalue weighted by Crippen LogP contribution is -2.57. The molecular weight excluding hydrogens is 387 g/mol. The molecule has 1 amide bonds. The SMILES string of the molecule is Cc1[nH]c(-c2cccc(C(F)(F)F)c2)nc1C(=O)N1CCOC2(CCCOC2)C1. The number of amides is 1. The van der Waals surface area contributed by atoms with Crippen LogP contribution in [0.5, 0.6) is 0 Å². The molecule has 4 rings (SSSR count). The molecule has 2 fully saturated rings. The molecule has 1 aromatic carbocycles. The van der Waals surface area contributed by atoms with Crippen LogP contribution in [-0.2, 0) is 15.7 Å². The smallest absolute Gasteiger partial charge is 0.378 e. The number of morpholine rings is 1. The van der Waals surface area contributed by atoms with Crippen molar-refractivity contribution in [2.75, 3.05) is 32.9 Å². The van der Waals surface area contributed by atoms with E-state index in [9.17, 15) is 18.0 Å². The van der Waals surface area contributed by atoms with Crippen LogP contribution in [0.2, 0.25) is 0 Å². The Balaban J connectivity index is 1.57. The van der Waals surface area contributed by atoms with Crippen LogP contribution in [-0.4, -0.2) is 59.3 Å². The summed E-state index contributed by atoms with van der Waals surface area (Å²) in [5, 5.41) is 0. The number of carbonyl (C=O) groups is 1. The van der Waals surface area contributed by atoms with Crippen LogP contribution in [0.3, 0.4) is 0 Å². The Kier molecular flexibility index (Phi) is 5.12. The van der Waals surface area contributed by atoms with Crippen molar-refractivity contribution in [3.63, 3.8) is 0 Å². The number of rotatable bonds is 2. The van der Waals surface area contributed by atoms with Crippen LogP contribution < -0.4 is 0 Å². The summed E-state index contributed by atoms with van der Waals surface area (Å²) in [6, 6.07) is 4.89. The molecule has 2 aliphatic rings. The van der Waals surface area contributed by atoms with Gasteiger partial charge >= 0.3 is 6.18 Å². The summed E-state index contributed by atoms with van der Waals surface area (Å²) in [6.07, 6.45) is -2.74. The lowest BCUT2D eigenvalue weighted by Gasteiger charge is -2.44. The number of H-pyrrole nitrogens is 1. The van der Waals surface area contributed by atoms with Gasteiger partial charge in [-0.05, 0) is 31.9 Å². The van der Waals surface area contributed by atoms with E-state index in [1.165, 1.54) is 12.1 Å². The first-order chi connectivity index (χ1) is 13.8. The topological polar surface area (TPSA) is 67.5 Å². The fourth-order valence-electron chi connectivity index (χ4n) is 3.88. The number of nitrogens with zero attached hydrogens (tertiary/aromatic N) is 2. The van der Waals surface area contributed by atoms with Crippen molar-refractivity contribution in [2.24, 2.45) is 0 Å². The lowest BCUT2D eigenvalue weighted by molar-refractivity contribution is -0.160. The minimum absolute atomic E-state index is 0.214. The van der Waals surface area contributed by atoms with Gasteiger partial charge in [-0.1, -0.05) is 12.1 Å². The minimum Gasteiger partial charge on any atom is -0.378 e. The number of carbonyl (C=O) groups excluding carboxylic acids is 1. The number of hydrogen-bond acceptors (Lipinski definition) is 4. The van der Waals surface area contributed by atoms with Gasteiger partial charge in [-0.25, -0.2) is 4.98 Å². The summed E-state index contributed by atoms with van der Waals surface area (Å²) in [5.74, 6) is -0.0221. The molecule has 2 aromatic rings. The van der Waals surface area contributed by atoms with Crippen molar-refractivity contribution in [2.45, 2.75) is 31.5 Å². The van der Waals surface area contributed by atoms with Gasteiger partial charge in [0.2, 0.25) is 0 Å². The van der Waals surface area contributed by atoms with E-state index in [1.807, 2.05) is 0 Å². The number of nitrogens with one attached hydrogen (secondary N) is 1. The molecule has 2 aliphatic heterocycles. The average molecular weight is 409 g/mol. The van der Waals surface area contributed by atoms with Crippen LogP contribution in [0, 0.1) is 6.92 Å². The number of halogens is 3. The molecule has 9 heteroatoms. The Morgan fingerprint density at radius 1 is 1.31 bits per heavy atom. The number of aromatic amines is 1. The summed E-state index contributed by atoms with van der Waals surface area (Å²) in [4.78, 5) is 22.1. The number of ether oxygens (including phenoxy) is 2. The van der Waals surface area contributed by atoms with E-state index in [0.29, 0.717) is 38.6 Å². The summed E-state index contributed by atoms with van der Waals surface area (Å²) in [5.41, 5.74) is -0.236. The van der Waals surface area contributed by atoms with Crippen LogP contribution in [0.15, 0.2) is 24.3 Å². The highest BCUT2D eigenvalue weighted by Gasteiger charge is 2.41. The molecule has 1 unspecified atom stereocenters. The van der Waals surface area contributed by atoms with Gasteiger partial charge in [-0.2, -0.15) is 13.2 Å². The Labute approximate surface area is 166 Å². The van der Waals surface area contributed by atoms with Crippen LogP contribution in [0.4, 0.5) is 13.2 Å². The van der Waals surface area contributed by atoms with Crippen molar-refractivity contribution in [1.82, 2.24) is 14.9 Å². The third-order valence-electron chi connectivity index (χ3n) is 5.37. The summed E-state index contributed by atoms with van der Waals surface area (Å²) < 4.78 is 50.5. The van der Waals surface area contributed by atoms with Gasteiger partial charge in [0.15, 0.2) is 0 Å². The molecule has 2 saturated heterocycles. The minimum atomic E-state index is -4.44. The molecule has 0 radical (unpaired) electrons. The molecule has 0 saturated carbocycles. The second-order valence-electron chi connectivity index (χ2n) is 7.55. The highest BCUT2D eigenvalue weighted by atomic mass is 19.4. The van der Waals surface area contributed by atoms with Gasteiger partial charge in [-0.15, -0.1) is 0 Å². The molecule has 1 aromatic heterocycles. The van der Waals surface area contributed by atoms with Crippen molar-refractivity contribution in [1.29, 1.82) is 0 Å². The zero-order chi connectivity index (χ0) is 20.6. The maximum atomic E-state index is 13.1. The highest BCUT2D eigenvalue weighted by molar-refractivity contribution is 5.94. The van der Waals surface area contributed by atoms with Crippen molar-refractivity contribution >= 4 is 5.91 Å². The molecule has 1 spiro atoms. The third-order valence-corrected chi connectivity index (χ3v) is 5.37. The Hall–Kier alpha value is -2.39. The van der Waals surface area contributed by atoms with Gasteiger partial charge < -0.3 is 19.4 Å². The largest absolute Gasteiger partial charge is 0.416 e. The predicted molar refractivity (Wildman–Crippen MR) is 98.4 cm³/mol. The van der Waals surface area contributed by atoms with Gasteiger partial charge in [0.05, 0.1) is 25.3 Å². The molecule has 0 aliphatic carbocycles. The van der Waals surface area contributed by atoms with Crippen LogP contribution >= 0.6 is 0 Å². The molecule has 0 bridgehead atoms. The molecule has 29 heavy (non-hydrogen) atoms. The third kappa shape index (κ3) is 4.02. The molecule has 1 atom stereocenters. The molecule has 3 heterocycles. The number of aromatic nitrogens is 2. The van der Waals surface area contributed by atoms with Crippen molar-refractivity contribution < 1.29 is 27.4 Å². The number of imidazole rings is 1. The Bertz CT molecular complexity index is 898. The van der Waals surface area contributed by atoms with E-state index >= 15 is 0 Å². The number of alkyl halides is 3. The maximum absolute atomic E-state index is 13.1. The highest BCUT2D eigenvalue weighted by Crippen LogP contribution is 2.32. The quantitative estimate of drug-likeness (QED) is 0.825. The summed E-state index contributed by atoms with van der Waals surface area (Å²) >= 11 is 0. The van der Waals surface area contributed by atoms with Gasteiger partial charge in [0, 0.05) is 24.4 Å². The van der Waals surface area contributed by atoms with E-state index in [-0.39, 0.29) is 23.0 Å². The Morgan fingerprint density at radius 3 is 2.86 bits per heavy atom. The number of aryl methyl sites for hydroxylation is 1. The molecule has 156 valence electrons. The fraction of sp³-hybridized carbons (Fsp3) is 0.500. The zero-order valence-corrected chi connectivity index (χ0v) is 16.0. The summed E-state index contributed by atoms with van der Waals surface area (Å²) in [7, 11) is 0. The van der Waals surface area contributed by atoms with Crippen LogP contribution in [0.1, 0.15) is 34.6 Å². The van der Waals surface area contributed by atoms with E-state index in [1.54, 1.807) is 11.8 Å². The fourth-order valence-corrected chi connectivity index (χ4v) is 3.88. The maximum Gasteiger partial charge on any atom is 0.416 e. The van der Waals surface area contributed by atoms with E-state index in [4.69, 9.17) is 9.47 Å². The first-order valence-corrected chi connectivity index (χ1v) is 9.53. The standard InChI is InChI=1S/C20H22F3N3O3/c1-13-16(18(27)26-7-9-29-19(11-26)6-3-8-28-12-19)25-17(24-13)14-4-2-5-15(10-14)20(21,22)23/h2,4-5,10H,3,6-9,11-12H2,1H3,(H,24,25). The first-order valence-electron chi connectivity index (χ1n) is 9.53. The molecule has 1 N–H and O–H groups in total. The lowest BCUT2D eigenvalue weighted by atomic mass is 9.94. The second-order valence-corrected chi connectivity index (χ2v) is 7.55. The van der Waals surface area contributed by atoms with Crippen LogP contribution in [0.25, 0.3) is 11.4 Å². The molecular formula is C20H22F3N3O3. The number of benzene rings is 1. The average Bonchev–Trinajstić information content (AvgIpc) is 3.09. The normalized spacial score (nSPS) is 22.8. The second kappa shape index (κ2) is 7.46. The van der Waals surface area contributed by atoms with E-state index in [0.717, 1.165) is 25.0 Å². The van der Waals surface area contributed by atoms with Gasteiger partial charge in [-0.3, -0.25) is 4.79 Å². The predicted octanol–water partition coefficient (Wildman–Crippen LogP) is 3.43. The number of hydrogen-bond donors (Lipinski definition) is 1. The van der Waals surface area contributed by atoms with Crippen molar-refractivity contribution in [3.8, 4) is 11.4 Å². The van der Waals surface area contributed by atoms with Gasteiger partial charge in [0.25, 0.3) is 5.91 Å². The molecule has 6 nitrogen and oxygen atoms in total. The first kappa shape index (κ1) is 19.9. The van der Waals surface area contributed by atoms with E-state index in [2.05, 4.69) is 9.97 Å². The zero-order valence-electron chi connectivity index (χ0n) is 16.0.